The summed E-state index contributed by atoms with van der Waals surface area (Å²) in [7, 11) is 0. The van der Waals surface area contributed by atoms with Crippen LogP contribution in [0.5, 0.6) is 0 Å². The van der Waals surface area contributed by atoms with Gasteiger partial charge in [0.25, 0.3) is 0 Å². The van der Waals surface area contributed by atoms with Gasteiger partial charge >= 0.3 is 5.97 Å². The van der Waals surface area contributed by atoms with Crippen LogP contribution in [0.1, 0.15) is 16.1 Å². The first-order valence-electron chi connectivity index (χ1n) is 4.46. The van der Waals surface area contributed by atoms with Crippen molar-refractivity contribution in [3.63, 3.8) is 0 Å². The van der Waals surface area contributed by atoms with Crippen LogP contribution in [0.2, 0.25) is 0 Å². The summed E-state index contributed by atoms with van der Waals surface area (Å²) in [6.07, 6.45) is 4.63. The van der Waals surface area contributed by atoms with Gasteiger partial charge in [-0.1, -0.05) is 0 Å². The van der Waals surface area contributed by atoms with E-state index in [4.69, 9.17) is 9.15 Å². The molecule has 0 aliphatic heterocycles. The third kappa shape index (κ3) is 2.43. The summed E-state index contributed by atoms with van der Waals surface area (Å²) < 4.78 is 10.0. The number of aromatic nitrogens is 1. The zero-order valence-corrected chi connectivity index (χ0v) is 7.92. The lowest BCUT2D eigenvalue weighted by molar-refractivity contribution is 0.0445. The van der Waals surface area contributed by atoms with Crippen molar-refractivity contribution < 1.29 is 13.9 Å². The SMILES string of the molecule is O=C(OCc1ccco1)c1ccncc1. The minimum absolute atomic E-state index is 0.147. The van der Waals surface area contributed by atoms with Gasteiger partial charge in [0, 0.05) is 12.4 Å². The number of hydrogen-bond acceptors (Lipinski definition) is 4. The Hall–Kier alpha value is -2.10. The second kappa shape index (κ2) is 4.41. The number of carbonyl (C=O) groups excluding carboxylic acids is 1. The van der Waals surface area contributed by atoms with E-state index in [0.717, 1.165) is 0 Å². The van der Waals surface area contributed by atoms with Gasteiger partial charge in [-0.15, -0.1) is 0 Å². The fraction of sp³-hybridized carbons (Fsp3) is 0.0909. The summed E-state index contributed by atoms with van der Waals surface area (Å²) in [5.74, 6) is 0.242. The van der Waals surface area contributed by atoms with E-state index in [1.807, 2.05) is 0 Å². The van der Waals surface area contributed by atoms with Gasteiger partial charge in [0.05, 0.1) is 11.8 Å². The molecule has 0 N–H and O–H groups in total. The summed E-state index contributed by atoms with van der Waals surface area (Å²) in [5.41, 5.74) is 0.483. The molecule has 0 saturated carbocycles. The van der Waals surface area contributed by atoms with E-state index in [9.17, 15) is 4.79 Å². The lowest BCUT2D eigenvalue weighted by Gasteiger charge is -2.01. The van der Waals surface area contributed by atoms with Gasteiger partial charge in [-0.25, -0.2) is 4.79 Å². The number of nitrogens with zero attached hydrogens (tertiary/aromatic N) is 1. The minimum Gasteiger partial charge on any atom is -0.466 e. The molecule has 0 spiro atoms. The van der Waals surface area contributed by atoms with E-state index in [2.05, 4.69) is 4.98 Å². The second-order valence-electron chi connectivity index (χ2n) is 2.89. The van der Waals surface area contributed by atoms with Crippen molar-refractivity contribution in [3.8, 4) is 0 Å². The number of furan rings is 1. The lowest BCUT2D eigenvalue weighted by Crippen LogP contribution is -2.04. The van der Waals surface area contributed by atoms with Gasteiger partial charge in [0.1, 0.15) is 12.4 Å². The Bertz CT molecular complexity index is 422. The Kier molecular flexibility index (Phi) is 2.78. The quantitative estimate of drug-likeness (QED) is 0.716. The van der Waals surface area contributed by atoms with Crippen molar-refractivity contribution >= 4 is 5.97 Å². The molecule has 0 aliphatic rings. The molecular weight excluding hydrogens is 194 g/mol. The van der Waals surface area contributed by atoms with E-state index in [1.54, 1.807) is 36.7 Å². The zero-order valence-electron chi connectivity index (χ0n) is 7.92. The Balaban J connectivity index is 1.94. The van der Waals surface area contributed by atoms with Gasteiger partial charge in [0.2, 0.25) is 0 Å². The van der Waals surface area contributed by atoms with Crippen LogP contribution in [-0.4, -0.2) is 11.0 Å². The normalized spacial score (nSPS) is 9.87. The molecule has 0 radical (unpaired) electrons. The molecule has 0 bridgehead atoms. The van der Waals surface area contributed by atoms with Gasteiger partial charge in [-0.05, 0) is 24.3 Å². The Morgan fingerprint density at radius 3 is 2.80 bits per heavy atom. The molecule has 15 heavy (non-hydrogen) atoms. The number of carbonyl (C=O) groups is 1. The smallest absolute Gasteiger partial charge is 0.338 e. The molecule has 4 nitrogen and oxygen atoms in total. The molecule has 0 fully saturated rings. The molecular formula is C11H9NO3. The molecule has 2 aromatic rings. The average molecular weight is 203 g/mol. The van der Waals surface area contributed by atoms with Crippen molar-refractivity contribution in [1.29, 1.82) is 0 Å². The van der Waals surface area contributed by atoms with Crippen LogP contribution >= 0.6 is 0 Å². The number of ether oxygens (including phenoxy) is 1. The number of hydrogen-bond donors (Lipinski definition) is 0. The predicted octanol–water partition coefficient (Wildman–Crippen LogP) is 2.03. The highest BCUT2D eigenvalue weighted by atomic mass is 16.5. The molecule has 2 rings (SSSR count). The Labute approximate surface area is 86.5 Å². The van der Waals surface area contributed by atoms with Crippen LogP contribution in [0.3, 0.4) is 0 Å². The summed E-state index contributed by atoms with van der Waals surface area (Å²) >= 11 is 0. The van der Waals surface area contributed by atoms with E-state index in [-0.39, 0.29) is 12.6 Å². The fourth-order valence-corrected chi connectivity index (χ4v) is 1.10. The van der Waals surface area contributed by atoms with Crippen molar-refractivity contribution in [3.05, 3.63) is 54.2 Å². The predicted molar refractivity (Wildman–Crippen MR) is 52.1 cm³/mol. The first-order valence-corrected chi connectivity index (χ1v) is 4.46. The molecule has 2 heterocycles. The van der Waals surface area contributed by atoms with Gasteiger partial charge < -0.3 is 9.15 Å². The maximum Gasteiger partial charge on any atom is 0.338 e. The molecule has 2 aromatic heterocycles. The van der Waals surface area contributed by atoms with Gasteiger partial charge in [-0.2, -0.15) is 0 Å². The van der Waals surface area contributed by atoms with Crippen LogP contribution in [0, 0.1) is 0 Å². The topological polar surface area (TPSA) is 52.3 Å². The van der Waals surface area contributed by atoms with E-state index in [1.165, 1.54) is 6.26 Å². The monoisotopic (exact) mass is 203 g/mol. The highest BCUT2D eigenvalue weighted by Crippen LogP contribution is 2.05. The average Bonchev–Trinajstić information content (AvgIpc) is 2.80. The maximum atomic E-state index is 11.4. The third-order valence-electron chi connectivity index (χ3n) is 1.84. The highest BCUT2D eigenvalue weighted by Gasteiger charge is 2.06. The van der Waals surface area contributed by atoms with Crippen molar-refractivity contribution in [2.24, 2.45) is 0 Å². The van der Waals surface area contributed by atoms with Crippen LogP contribution < -0.4 is 0 Å². The molecule has 4 heteroatoms. The first-order chi connectivity index (χ1) is 7.36. The molecule has 0 aliphatic carbocycles. The van der Waals surface area contributed by atoms with Crippen molar-refractivity contribution in [1.82, 2.24) is 4.98 Å². The van der Waals surface area contributed by atoms with E-state index in [0.29, 0.717) is 11.3 Å². The van der Waals surface area contributed by atoms with E-state index < -0.39 is 0 Å². The fourth-order valence-electron chi connectivity index (χ4n) is 1.10. The lowest BCUT2D eigenvalue weighted by atomic mass is 10.3. The van der Waals surface area contributed by atoms with Crippen molar-refractivity contribution in [2.45, 2.75) is 6.61 Å². The molecule has 76 valence electrons. The molecule has 0 amide bonds. The Morgan fingerprint density at radius 1 is 1.33 bits per heavy atom. The highest BCUT2D eigenvalue weighted by molar-refractivity contribution is 5.89. The summed E-state index contributed by atoms with van der Waals surface area (Å²) in [5, 5.41) is 0. The molecule has 0 saturated heterocycles. The third-order valence-corrected chi connectivity index (χ3v) is 1.84. The van der Waals surface area contributed by atoms with Crippen LogP contribution in [0.25, 0.3) is 0 Å². The largest absolute Gasteiger partial charge is 0.466 e. The summed E-state index contributed by atoms with van der Waals surface area (Å²) in [6.45, 7) is 0.147. The van der Waals surface area contributed by atoms with Gasteiger partial charge in [-0.3, -0.25) is 4.98 Å². The summed E-state index contributed by atoms with van der Waals surface area (Å²) in [4.78, 5) is 15.3. The number of rotatable bonds is 3. The standard InChI is InChI=1S/C11H9NO3/c13-11(9-3-5-12-6-4-9)15-8-10-2-1-7-14-10/h1-7H,8H2. The van der Waals surface area contributed by atoms with Crippen LogP contribution in [0.15, 0.2) is 47.3 Å². The van der Waals surface area contributed by atoms with E-state index >= 15 is 0 Å². The Morgan fingerprint density at radius 2 is 2.13 bits per heavy atom. The molecule has 0 aromatic carbocycles. The minimum atomic E-state index is -0.381. The van der Waals surface area contributed by atoms with Crippen LogP contribution in [-0.2, 0) is 11.3 Å². The van der Waals surface area contributed by atoms with Crippen molar-refractivity contribution in [2.75, 3.05) is 0 Å². The summed E-state index contributed by atoms with van der Waals surface area (Å²) in [6, 6.07) is 6.70. The zero-order chi connectivity index (χ0) is 10.5. The number of esters is 1. The van der Waals surface area contributed by atoms with Gasteiger partial charge in [0.15, 0.2) is 0 Å². The second-order valence-corrected chi connectivity index (χ2v) is 2.89. The molecule has 0 unspecified atom stereocenters. The number of pyridine rings is 1. The maximum absolute atomic E-state index is 11.4. The van der Waals surface area contributed by atoms with Crippen LogP contribution in [0.4, 0.5) is 0 Å². The molecule has 0 atom stereocenters. The first kappa shape index (κ1) is 9.45.